The van der Waals surface area contributed by atoms with Crippen molar-refractivity contribution in [1.82, 2.24) is 0 Å². The van der Waals surface area contributed by atoms with Gasteiger partial charge in [-0.25, -0.2) is 13.6 Å². The van der Waals surface area contributed by atoms with Gasteiger partial charge in [0.15, 0.2) is 0 Å². The topological polar surface area (TPSA) is 26.3 Å². The van der Waals surface area contributed by atoms with Crippen molar-refractivity contribution in [2.75, 3.05) is 7.11 Å². The first-order chi connectivity index (χ1) is 11.0. The fourth-order valence-electron chi connectivity index (χ4n) is 2.53. The van der Waals surface area contributed by atoms with Gasteiger partial charge in [0.05, 0.1) is 18.2 Å². The Morgan fingerprint density at radius 3 is 2.39 bits per heavy atom. The van der Waals surface area contributed by atoms with E-state index in [2.05, 4.69) is 4.74 Å². The minimum absolute atomic E-state index is 0.0146. The molecule has 3 rings (SSSR count). The van der Waals surface area contributed by atoms with Gasteiger partial charge in [-0.3, -0.25) is 0 Å². The summed E-state index contributed by atoms with van der Waals surface area (Å²) in [5.74, 6) is -2.03. The molecule has 0 unspecified atom stereocenters. The van der Waals surface area contributed by atoms with E-state index in [4.69, 9.17) is 11.6 Å². The first-order valence-electron chi connectivity index (χ1n) is 6.77. The number of hydrogen-bond donors (Lipinski definition) is 0. The number of hydrogen-bond acceptors (Lipinski definition) is 2. The van der Waals surface area contributed by atoms with Crippen LogP contribution in [0.5, 0.6) is 0 Å². The zero-order valence-electron chi connectivity index (χ0n) is 12.1. The zero-order chi connectivity index (χ0) is 16.6. The number of benzene rings is 3. The molecule has 5 heteroatoms. The summed E-state index contributed by atoms with van der Waals surface area (Å²) in [6.07, 6.45) is 0. The van der Waals surface area contributed by atoms with E-state index in [1.165, 1.54) is 7.11 Å². The van der Waals surface area contributed by atoms with E-state index < -0.39 is 17.6 Å². The Kier molecular flexibility index (Phi) is 4.01. The molecular weight excluding hydrogens is 322 g/mol. The van der Waals surface area contributed by atoms with Crippen LogP contribution in [0.2, 0.25) is 5.02 Å². The number of methoxy groups -OCH3 is 1. The molecule has 0 fully saturated rings. The molecule has 0 aliphatic heterocycles. The lowest BCUT2D eigenvalue weighted by Crippen LogP contribution is -2.01. The normalized spacial score (nSPS) is 10.8. The van der Waals surface area contributed by atoms with E-state index in [-0.39, 0.29) is 10.6 Å². The summed E-state index contributed by atoms with van der Waals surface area (Å²) >= 11 is 5.67. The highest BCUT2D eigenvalue weighted by Crippen LogP contribution is 2.34. The van der Waals surface area contributed by atoms with Gasteiger partial charge < -0.3 is 4.74 Å². The van der Waals surface area contributed by atoms with Crippen LogP contribution in [-0.2, 0) is 4.74 Å². The highest BCUT2D eigenvalue weighted by Gasteiger charge is 2.16. The Labute approximate surface area is 136 Å². The van der Waals surface area contributed by atoms with E-state index >= 15 is 0 Å². The number of carbonyl (C=O) groups is 1. The lowest BCUT2D eigenvalue weighted by molar-refractivity contribution is 0.0601. The van der Waals surface area contributed by atoms with Crippen molar-refractivity contribution in [3.8, 4) is 11.1 Å². The molecule has 0 aliphatic carbocycles. The molecule has 2 nitrogen and oxygen atoms in total. The molecule has 0 amide bonds. The second kappa shape index (κ2) is 5.97. The van der Waals surface area contributed by atoms with Crippen LogP contribution >= 0.6 is 11.6 Å². The summed E-state index contributed by atoms with van der Waals surface area (Å²) in [5.41, 5.74) is 0.476. The SMILES string of the molecule is COC(=O)c1ccc2cccc(-c3c(F)cc(Cl)cc3F)c2c1. The van der Waals surface area contributed by atoms with Crippen LogP contribution in [0.1, 0.15) is 10.4 Å². The van der Waals surface area contributed by atoms with Crippen molar-refractivity contribution < 1.29 is 18.3 Å². The number of ether oxygens (including phenoxy) is 1. The Morgan fingerprint density at radius 1 is 1.04 bits per heavy atom. The Bertz CT molecular complexity index is 899. The smallest absolute Gasteiger partial charge is 0.337 e. The molecule has 116 valence electrons. The van der Waals surface area contributed by atoms with Gasteiger partial charge in [-0.2, -0.15) is 0 Å². The third-order valence-electron chi connectivity index (χ3n) is 3.58. The quantitative estimate of drug-likeness (QED) is 0.601. The molecule has 0 saturated heterocycles. The van der Waals surface area contributed by atoms with Crippen molar-refractivity contribution in [1.29, 1.82) is 0 Å². The fraction of sp³-hybridized carbons (Fsp3) is 0.0556. The molecular formula is C18H11ClF2O2. The third kappa shape index (κ3) is 2.78. The van der Waals surface area contributed by atoms with Gasteiger partial charge in [-0.1, -0.05) is 35.9 Å². The number of carbonyl (C=O) groups excluding carboxylic acids is 1. The van der Waals surface area contributed by atoms with Crippen LogP contribution in [0.25, 0.3) is 21.9 Å². The standard InChI is InChI=1S/C18H11ClF2O2/c1-23-18(22)11-6-5-10-3-2-4-13(14(10)7-11)17-15(20)8-12(19)9-16(17)21/h2-9H,1H3. The summed E-state index contributed by atoms with van der Waals surface area (Å²) in [7, 11) is 1.27. The average molecular weight is 333 g/mol. The Morgan fingerprint density at radius 2 is 1.74 bits per heavy atom. The molecule has 0 aromatic heterocycles. The molecule has 23 heavy (non-hydrogen) atoms. The lowest BCUT2D eigenvalue weighted by Gasteiger charge is -2.11. The van der Waals surface area contributed by atoms with Crippen molar-refractivity contribution in [3.63, 3.8) is 0 Å². The maximum atomic E-state index is 14.2. The first kappa shape index (κ1) is 15.4. The van der Waals surface area contributed by atoms with E-state index in [0.29, 0.717) is 16.5 Å². The van der Waals surface area contributed by atoms with Gasteiger partial charge in [-0.05, 0) is 40.6 Å². The molecule has 0 saturated carbocycles. The van der Waals surface area contributed by atoms with E-state index in [9.17, 15) is 13.6 Å². The molecule has 0 spiro atoms. The van der Waals surface area contributed by atoms with Crippen LogP contribution < -0.4 is 0 Å². The summed E-state index contributed by atoms with van der Waals surface area (Å²) in [6, 6.07) is 12.1. The lowest BCUT2D eigenvalue weighted by atomic mass is 9.96. The van der Waals surface area contributed by atoms with Gasteiger partial charge in [0.2, 0.25) is 0 Å². The van der Waals surface area contributed by atoms with Crippen molar-refractivity contribution >= 4 is 28.3 Å². The highest BCUT2D eigenvalue weighted by molar-refractivity contribution is 6.30. The first-order valence-corrected chi connectivity index (χ1v) is 7.15. The van der Waals surface area contributed by atoms with E-state index in [1.807, 2.05) is 0 Å². The molecule has 0 heterocycles. The number of esters is 1. The van der Waals surface area contributed by atoms with Crippen LogP contribution in [0, 0.1) is 11.6 Å². The van der Waals surface area contributed by atoms with Crippen LogP contribution in [-0.4, -0.2) is 13.1 Å². The summed E-state index contributed by atoms with van der Waals surface area (Å²) in [6.45, 7) is 0. The summed E-state index contributed by atoms with van der Waals surface area (Å²) in [4.78, 5) is 11.7. The predicted octanol–water partition coefficient (Wildman–Crippen LogP) is 5.23. The maximum Gasteiger partial charge on any atom is 0.337 e. The number of halogens is 3. The second-order valence-electron chi connectivity index (χ2n) is 4.98. The van der Waals surface area contributed by atoms with Gasteiger partial charge >= 0.3 is 5.97 Å². The van der Waals surface area contributed by atoms with Gasteiger partial charge in [-0.15, -0.1) is 0 Å². The molecule has 0 radical (unpaired) electrons. The Balaban J connectivity index is 2.32. The fourth-order valence-corrected chi connectivity index (χ4v) is 2.73. The molecule has 0 aliphatic rings. The predicted molar refractivity (Wildman–Crippen MR) is 85.6 cm³/mol. The zero-order valence-corrected chi connectivity index (χ0v) is 12.8. The van der Waals surface area contributed by atoms with Crippen LogP contribution in [0.3, 0.4) is 0 Å². The molecule has 3 aromatic rings. The highest BCUT2D eigenvalue weighted by atomic mass is 35.5. The molecule has 0 bridgehead atoms. The van der Waals surface area contributed by atoms with E-state index in [1.54, 1.807) is 36.4 Å². The minimum Gasteiger partial charge on any atom is -0.465 e. The minimum atomic E-state index is -0.758. The van der Waals surface area contributed by atoms with Crippen LogP contribution in [0.15, 0.2) is 48.5 Å². The third-order valence-corrected chi connectivity index (χ3v) is 3.80. The van der Waals surface area contributed by atoms with Crippen molar-refractivity contribution in [2.24, 2.45) is 0 Å². The van der Waals surface area contributed by atoms with Crippen LogP contribution in [0.4, 0.5) is 8.78 Å². The summed E-state index contributed by atoms with van der Waals surface area (Å²) in [5, 5.41) is 1.29. The summed E-state index contributed by atoms with van der Waals surface area (Å²) < 4.78 is 33.2. The Hall–Kier alpha value is -2.46. The largest absolute Gasteiger partial charge is 0.465 e. The van der Waals surface area contributed by atoms with E-state index in [0.717, 1.165) is 17.5 Å². The van der Waals surface area contributed by atoms with Gasteiger partial charge in [0, 0.05) is 5.02 Å². The molecule has 0 atom stereocenters. The second-order valence-corrected chi connectivity index (χ2v) is 5.41. The number of rotatable bonds is 2. The monoisotopic (exact) mass is 332 g/mol. The average Bonchev–Trinajstić information content (AvgIpc) is 2.53. The van der Waals surface area contributed by atoms with Crippen molar-refractivity contribution in [3.05, 3.63) is 70.8 Å². The maximum absolute atomic E-state index is 14.2. The number of fused-ring (bicyclic) bond motifs is 1. The molecule has 3 aromatic carbocycles. The van der Waals surface area contributed by atoms with Gasteiger partial charge in [0.1, 0.15) is 11.6 Å². The van der Waals surface area contributed by atoms with Crippen molar-refractivity contribution in [2.45, 2.75) is 0 Å². The van der Waals surface area contributed by atoms with Gasteiger partial charge in [0.25, 0.3) is 0 Å². The molecule has 0 N–H and O–H groups in total.